The van der Waals surface area contributed by atoms with Crippen LogP contribution in [0.3, 0.4) is 0 Å². The van der Waals surface area contributed by atoms with Crippen LogP contribution in [0.4, 0.5) is 0 Å². The third-order valence-corrected chi connectivity index (χ3v) is 6.91. The molecule has 0 saturated carbocycles. The standard InChI is InChI=1S/C29H31N5O4/c1-16-7-6-8-17(2)28(16)38-25-13-34(19-14-37-15-19)26(35)10-20(25)23-12-33(5)29(36)27-21(23)9-24(32-27)22(11-31-4)18(3)30/h6-13,19,32H,14-15,30H2,1-5H3. The number of nitrogens with one attached hydrogen (secondary N) is 1. The highest BCUT2D eigenvalue weighted by Crippen LogP contribution is 2.38. The van der Waals surface area contributed by atoms with Gasteiger partial charge < -0.3 is 29.3 Å². The van der Waals surface area contributed by atoms with E-state index in [2.05, 4.69) is 9.98 Å². The molecule has 0 spiro atoms. The molecule has 1 saturated heterocycles. The lowest BCUT2D eigenvalue weighted by Crippen LogP contribution is -2.37. The summed E-state index contributed by atoms with van der Waals surface area (Å²) in [4.78, 5) is 33.8. The summed E-state index contributed by atoms with van der Waals surface area (Å²) in [6.07, 6.45) is 5.14. The highest BCUT2D eigenvalue weighted by atomic mass is 16.5. The van der Waals surface area contributed by atoms with Gasteiger partial charge in [0, 0.05) is 66.1 Å². The largest absolute Gasteiger partial charge is 0.455 e. The molecule has 196 valence electrons. The SMILES string of the molecule is CN=CC(=C(C)N)c1cc2c(-c3cc(=O)n(C4COC4)cc3Oc3c(C)cccc3C)cn(C)c(=O)c2[nH]1. The van der Waals surface area contributed by atoms with Gasteiger partial charge >= 0.3 is 0 Å². The quantitative estimate of drug-likeness (QED) is 0.377. The average molecular weight is 514 g/mol. The highest BCUT2D eigenvalue weighted by Gasteiger charge is 2.25. The summed E-state index contributed by atoms with van der Waals surface area (Å²) in [5.41, 5.74) is 11.3. The number of nitrogens with two attached hydrogens (primary N) is 1. The predicted octanol–water partition coefficient (Wildman–Crippen LogP) is 4.07. The lowest BCUT2D eigenvalue weighted by Gasteiger charge is -2.29. The fourth-order valence-corrected chi connectivity index (χ4v) is 4.77. The molecule has 5 rings (SSSR count). The number of allylic oxidation sites excluding steroid dienone is 2. The van der Waals surface area contributed by atoms with Crippen LogP contribution in [-0.2, 0) is 11.8 Å². The molecular weight excluding hydrogens is 482 g/mol. The van der Waals surface area contributed by atoms with Crippen LogP contribution in [0.15, 0.2) is 63.0 Å². The number of nitrogens with zero attached hydrogens (tertiary/aromatic N) is 3. The van der Waals surface area contributed by atoms with E-state index in [1.54, 1.807) is 50.3 Å². The monoisotopic (exact) mass is 513 g/mol. The summed E-state index contributed by atoms with van der Waals surface area (Å²) in [5.74, 6) is 1.24. The summed E-state index contributed by atoms with van der Waals surface area (Å²) < 4.78 is 15.0. The second-order valence-corrected chi connectivity index (χ2v) is 9.73. The van der Waals surface area contributed by atoms with Crippen LogP contribution in [0.25, 0.3) is 27.6 Å². The Bertz CT molecular complexity index is 1710. The molecule has 4 aromatic rings. The summed E-state index contributed by atoms with van der Waals surface area (Å²) in [5, 5.41) is 0.654. The van der Waals surface area contributed by atoms with Gasteiger partial charge in [0.25, 0.3) is 11.1 Å². The molecule has 0 aliphatic carbocycles. The van der Waals surface area contributed by atoms with Gasteiger partial charge in [-0.1, -0.05) is 18.2 Å². The van der Waals surface area contributed by atoms with Gasteiger partial charge in [0.1, 0.15) is 11.3 Å². The van der Waals surface area contributed by atoms with Gasteiger partial charge in [-0.25, -0.2) is 0 Å². The van der Waals surface area contributed by atoms with E-state index in [-0.39, 0.29) is 17.2 Å². The zero-order chi connectivity index (χ0) is 27.1. The van der Waals surface area contributed by atoms with E-state index >= 15 is 0 Å². The number of hydrogen-bond acceptors (Lipinski definition) is 6. The fraction of sp³-hybridized carbons (Fsp3) is 0.276. The number of benzene rings is 1. The minimum Gasteiger partial charge on any atom is -0.455 e. The number of H-pyrrole nitrogens is 1. The predicted molar refractivity (Wildman–Crippen MR) is 150 cm³/mol. The summed E-state index contributed by atoms with van der Waals surface area (Å²) in [6, 6.07) is 9.34. The van der Waals surface area contributed by atoms with Crippen molar-refractivity contribution in [2.24, 2.45) is 17.8 Å². The molecule has 3 N–H and O–H groups in total. The number of aliphatic imine (C=N–C) groups is 1. The van der Waals surface area contributed by atoms with Crippen LogP contribution in [0.1, 0.15) is 29.8 Å². The molecule has 0 atom stereocenters. The van der Waals surface area contributed by atoms with Crippen molar-refractivity contribution in [2.45, 2.75) is 26.8 Å². The molecule has 1 fully saturated rings. The Hall–Kier alpha value is -4.37. The van der Waals surface area contributed by atoms with Gasteiger partial charge in [0.05, 0.1) is 25.5 Å². The average Bonchev–Trinajstić information content (AvgIpc) is 3.28. The first kappa shape index (κ1) is 25.3. The molecule has 0 amide bonds. The Labute approximate surface area is 219 Å². The van der Waals surface area contributed by atoms with E-state index in [0.717, 1.165) is 16.9 Å². The second-order valence-electron chi connectivity index (χ2n) is 9.73. The Morgan fingerprint density at radius 2 is 1.87 bits per heavy atom. The number of rotatable bonds is 6. The molecule has 1 aliphatic heterocycles. The van der Waals surface area contributed by atoms with Gasteiger partial charge in [-0.2, -0.15) is 0 Å². The van der Waals surface area contributed by atoms with Crippen LogP contribution in [0.5, 0.6) is 11.5 Å². The third kappa shape index (κ3) is 4.35. The van der Waals surface area contributed by atoms with Crippen LogP contribution in [-0.4, -0.2) is 40.6 Å². The number of ether oxygens (including phenoxy) is 2. The van der Waals surface area contributed by atoms with E-state index in [4.69, 9.17) is 15.2 Å². The summed E-state index contributed by atoms with van der Waals surface area (Å²) in [7, 11) is 3.35. The van der Waals surface area contributed by atoms with E-state index in [0.29, 0.717) is 58.0 Å². The first-order valence-corrected chi connectivity index (χ1v) is 12.4. The van der Waals surface area contributed by atoms with Crippen LogP contribution in [0, 0.1) is 13.8 Å². The Kier molecular flexibility index (Phi) is 6.54. The van der Waals surface area contributed by atoms with Gasteiger partial charge in [-0.3, -0.25) is 14.6 Å². The summed E-state index contributed by atoms with van der Waals surface area (Å²) in [6.45, 7) is 6.69. The molecule has 9 nitrogen and oxygen atoms in total. The zero-order valence-corrected chi connectivity index (χ0v) is 22.2. The van der Waals surface area contributed by atoms with Crippen molar-refractivity contribution in [2.75, 3.05) is 20.3 Å². The number of aromatic nitrogens is 3. The minimum absolute atomic E-state index is 0.0515. The van der Waals surface area contributed by atoms with Gasteiger partial charge in [-0.05, 0) is 38.0 Å². The molecule has 3 aromatic heterocycles. The lowest BCUT2D eigenvalue weighted by atomic mass is 10.0. The first-order valence-electron chi connectivity index (χ1n) is 12.4. The van der Waals surface area contributed by atoms with Crippen LogP contribution < -0.4 is 21.6 Å². The smallest absolute Gasteiger partial charge is 0.274 e. The topological polar surface area (TPSA) is 117 Å². The summed E-state index contributed by atoms with van der Waals surface area (Å²) >= 11 is 0. The van der Waals surface area contributed by atoms with E-state index in [9.17, 15) is 9.59 Å². The minimum atomic E-state index is -0.199. The molecule has 1 aromatic carbocycles. The van der Waals surface area contributed by atoms with Crippen molar-refractivity contribution >= 4 is 22.7 Å². The van der Waals surface area contributed by atoms with Crippen molar-refractivity contribution in [3.05, 3.63) is 86.0 Å². The second kappa shape index (κ2) is 9.83. The number of hydrogen-bond donors (Lipinski definition) is 2. The van der Waals surface area contributed by atoms with Crippen LogP contribution >= 0.6 is 0 Å². The van der Waals surface area contributed by atoms with Crippen molar-refractivity contribution in [3.63, 3.8) is 0 Å². The van der Waals surface area contributed by atoms with Crippen molar-refractivity contribution in [3.8, 4) is 22.6 Å². The maximum atomic E-state index is 13.3. The Balaban J connectivity index is 1.79. The number of aryl methyl sites for hydroxylation is 3. The van der Waals surface area contributed by atoms with E-state index in [1.165, 1.54) is 4.57 Å². The van der Waals surface area contributed by atoms with Gasteiger partial charge in [0.2, 0.25) is 0 Å². The first-order chi connectivity index (χ1) is 18.2. The zero-order valence-electron chi connectivity index (χ0n) is 22.2. The maximum Gasteiger partial charge on any atom is 0.274 e. The normalized spacial score (nSPS) is 14.7. The molecule has 4 heterocycles. The molecule has 0 bridgehead atoms. The van der Waals surface area contributed by atoms with E-state index in [1.807, 2.05) is 38.1 Å². The molecule has 1 aliphatic rings. The Morgan fingerprint density at radius 3 is 2.47 bits per heavy atom. The van der Waals surface area contributed by atoms with Gasteiger partial charge in [0.15, 0.2) is 5.75 Å². The third-order valence-electron chi connectivity index (χ3n) is 6.91. The van der Waals surface area contributed by atoms with Crippen LogP contribution in [0.2, 0.25) is 0 Å². The molecular formula is C29H31N5O4. The van der Waals surface area contributed by atoms with Gasteiger partial charge in [-0.15, -0.1) is 0 Å². The van der Waals surface area contributed by atoms with E-state index < -0.39 is 0 Å². The number of para-hydroxylation sites is 1. The van der Waals surface area contributed by atoms with Crippen molar-refractivity contribution in [1.82, 2.24) is 14.1 Å². The lowest BCUT2D eigenvalue weighted by molar-refractivity contribution is -0.0249. The Morgan fingerprint density at radius 1 is 1.16 bits per heavy atom. The highest BCUT2D eigenvalue weighted by molar-refractivity contribution is 6.12. The maximum absolute atomic E-state index is 13.3. The number of fused-ring (bicyclic) bond motifs is 1. The fourth-order valence-electron chi connectivity index (χ4n) is 4.77. The molecule has 0 unspecified atom stereocenters. The molecule has 9 heteroatoms. The number of pyridine rings is 2. The van der Waals surface area contributed by atoms with Crippen molar-refractivity contribution in [1.29, 1.82) is 0 Å². The number of aromatic amines is 1. The van der Waals surface area contributed by atoms with Crippen molar-refractivity contribution < 1.29 is 9.47 Å². The molecule has 38 heavy (non-hydrogen) atoms. The molecule has 0 radical (unpaired) electrons.